The number of carbonyl (C=O) groups is 1. The quantitative estimate of drug-likeness (QED) is 0.196. The lowest BCUT2D eigenvalue weighted by Gasteiger charge is -2.15. The number of anilines is 4. The molecule has 0 radical (unpaired) electrons. The molecule has 0 saturated carbocycles. The van der Waals surface area contributed by atoms with E-state index >= 15 is 0 Å². The van der Waals surface area contributed by atoms with Crippen LogP contribution in [-0.4, -0.2) is 33.0 Å². The third-order valence-electron chi connectivity index (χ3n) is 5.92. The average molecular weight is 538 g/mol. The monoisotopic (exact) mass is 537 g/mol. The number of aromatic nitrogens is 4. The first-order chi connectivity index (χ1) is 18.9. The fraction of sp³-hybridized carbons (Fsp3) is 0.138. The molecule has 0 aliphatic carbocycles. The van der Waals surface area contributed by atoms with Gasteiger partial charge in [-0.05, 0) is 66.6 Å². The van der Waals surface area contributed by atoms with Gasteiger partial charge < -0.3 is 21.1 Å². The first-order valence-electron chi connectivity index (χ1n) is 12.3. The van der Waals surface area contributed by atoms with Gasteiger partial charge in [0.25, 0.3) is 5.91 Å². The second kappa shape index (κ2) is 11.4. The minimum absolute atomic E-state index is 0.273. The van der Waals surface area contributed by atoms with Crippen molar-refractivity contribution in [1.29, 1.82) is 0 Å². The van der Waals surface area contributed by atoms with Crippen molar-refractivity contribution in [2.24, 2.45) is 0 Å². The summed E-state index contributed by atoms with van der Waals surface area (Å²) in [7, 11) is 1.54. The molecule has 0 fully saturated rings. The summed E-state index contributed by atoms with van der Waals surface area (Å²) in [4.78, 5) is 32.7. The predicted octanol–water partition coefficient (Wildman–Crippen LogP) is 6.28. The first-order valence-corrected chi connectivity index (χ1v) is 13.1. The highest BCUT2D eigenvalue weighted by Crippen LogP contribution is 2.37. The number of ether oxygens (including phenoxy) is 1. The van der Waals surface area contributed by atoms with E-state index in [0.29, 0.717) is 40.0 Å². The van der Waals surface area contributed by atoms with Crippen molar-refractivity contribution in [3.8, 4) is 5.88 Å². The fourth-order valence-electron chi connectivity index (χ4n) is 3.80. The summed E-state index contributed by atoms with van der Waals surface area (Å²) >= 11 is 1.55. The molecule has 196 valence electrons. The van der Waals surface area contributed by atoms with Crippen molar-refractivity contribution < 1.29 is 9.53 Å². The van der Waals surface area contributed by atoms with Crippen molar-refractivity contribution in [1.82, 2.24) is 19.9 Å². The molecule has 3 heterocycles. The number of nitrogen functional groups attached to an aromatic ring is 1. The van der Waals surface area contributed by atoms with Gasteiger partial charge in [0.05, 0.1) is 30.1 Å². The molecule has 9 nitrogen and oxygen atoms in total. The number of fused-ring (bicyclic) bond motifs is 1. The molecular weight excluding hydrogens is 510 g/mol. The summed E-state index contributed by atoms with van der Waals surface area (Å²) in [6, 6.07) is 20.5. The number of nitrogens with two attached hydrogens (primary N) is 1. The summed E-state index contributed by atoms with van der Waals surface area (Å²) < 4.78 is 5.09. The number of amides is 1. The molecule has 0 aliphatic heterocycles. The van der Waals surface area contributed by atoms with Gasteiger partial charge in [-0.15, -0.1) is 0 Å². The van der Waals surface area contributed by atoms with E-state index in [0.717, 1.165) is 20.9 Å². The Morgan fingerprint density at radius 3 is 2.51 bits per heavy atom. The second-order valence-corrected chi connectivity index (χ2v) is 10.2. The highest BCUT2D eigenvalue weighted by Gasteiger charge is 2.15. The smallest absolute Gasteiger partial charge is 0.255 e. The first kappa shape index (κ1) is 25.9. The van der Waals surface area contributed by atoms with Gasteiger partial charge >= 0.3 is 0 Å². The van der Waals surface area contributed by atoms with E-state index in [1.165, 1.54) is 6.33 Å². The van der Waals surface area contributed by atoms with Crippen molar-refractivity contribution in [3.05, 3.63) is 90.5 Å². The van der Waals surface area contributed by atoms with Gasteiger partial charge in [0, 0.05) is 32.8 Å². The minimum atomic E-state index is -0.273. The number of pyridine rings is 2. The van der Waals surface area contributed by atoms with Crippen LogP contribution in [0.4, 0.5) is 22.9 Å². The molecule has 0 unspecified atom stereocenters. The van der Waals surface area contributed by atoms with Crippen molar-refractivity contribution in [3.63, 3.8) is 0 Å². The maximum absolute atomic E-state index is 13.1. The van der Waals surface area contributed by atoms with Crippen LogP contribution in [0.5, 0.6) is 5.88 Å². The van der Waals surface area contributed by atoms with Crippen LogP contribution in [-0.2, 0) is 0 Å². The fourth-order valence-corrected chi connectivity index (χ4v) is 4.69. The third kappa shape index (κ3) is 6.07. The minimum Gasteiger partial charge on any atom is -0.481 e. The van der Waals surface area contributed by atoms with Gasteiger partial charge in [-0.25, -0.2) is 19.9 Å². The lowest BCUT2D eigenvalue weighted by molar-refractivity contribution is 0.102. The van der Waals surface area contributed by atoms with E-state index in [-0.39, 0.29) is 11.8 Å². The zero-order chi connectivity index (χ0) is 27.4. The number of nitrogens with zero attached hydrogens (tertiary/aromatic N) is 4. The lowest BCUT2D eigenvalue weighted by Crippen LogP contribution is -2.12. The molecule has 39 heavy (non-hydrogen) atoms. The summed E-state index contributed by atoms with van der Waals surface area (Å²) in [5, 5.41) is 7.09. The van der Waals surface area contributed by atoms with Crippen LogP contribution in [0.2, 0.25) is 0 Å². The molecule has 0 spiro atoms. The summed E-state index contributed by atoms with van der Waals surface area (Å²) in [6.07, 6.45) is 3.04. The lowest BCUT2D eigenvalue weighted by atomic mass is 10.1. The van der Waals surface area contributed by atoms with E-state index in [1.54, 1.807) is 49.3 Å². The zero-order valence-corrected chi connectivity index (χ0v) is 22.5. The van der Waals surface area contributed by atoms with Crippen LogP contribution in [0.3, 0.4) is 0 Å². The summed E-state index contributed by atoms with van der Waals surface area (Å²) in [5.74, 6) is 1.07. The molecule has 0 aliphatic rings. The Balaban J connectivity index is 1.50. The van der Waals surface area contributed by atoms with Crippen molar-refractivity contribution in [2.45, 2.75) is 29.6 Å². The van der Waals surface area contributed by atoms with E-state index in [9.17, 15) is 4.79 Å². The Morgan fingerprint density at radius 2 is 1.79 bits per heavy atom. The molecule has 0 saturated heterocycles. The SMILES string of the molecule is COc1ccc(NC(=O)c2ccc(Sc3ccc(N)cc3)c(Nc3ncnc4nc(C(C)C)ccc34)c2)cn1. The van der Waals surface area contributed by atoms with Crippen molar-refractivity contribution in [2.75, 3.05) is 23.5 Å². The van der Waals surface area contributed by atoms with Crippen LogP contribution in [0, 0.1) is 0 Å². The number of nitrogens with one attached hydrogen (secondary N) is 2. The van der Waals surface area contributed by atoms with Gasteiger partial charge in [0.1, 0.15) is 12.1 Å². The highest BCUT2D eigenvalue weighted by molar-refractivity contribution is 7.99. The molecule has 3 aromatic heterocycles. The molecule has 1 amide bonds. The zero-order valence-electron chi connectivity index (χ0n) is 21.7. The third-order valence-corrected chi connectivity index (χ3v) is 7.00. The van der Waals surface area contributed by atoms with Gasteiger partial charge in [0.15, 0.2) is 5.65 Å². The van der Waals surface area contributed by atoms with Crippen LogP contribution in [0.15, 0.2) is 89.0 Å². The maximum atomic E-state index is 13.1. The summed E-state index contributed by atoms with van der Waals surface area (Å²) in [6.45, 7) is 4.18. The Morgan fingerprint density at radius 1 is 0.974 bits per heavy atom. The van der Waals surface area contributed by atoms with E-state index in [2.05, 4.69) is 39.4 Å². The Bertz CT molecular complexity index is 1620. The Labute approximate surface area is 230 Å². The van der Waals surface area contributed by atoms with Crippen molar-refractivity contribution >= 4 is 51.6 Å². The topological polar surface area (TPSA) is 128 Å². The Hall–Kier alpha value is -4.70. The summed E-state index contributed by atoms with van der Waals surface area (Å²) in [5.41, 5.74) is 9.86. The standard InChI is InChI=1S/C29H27N7O2S/c1-17(2)23-11-10-22-27(35-23)32-16-33-28(22)36-24-14-18(29(37)34-20-7-13-26(38-3)31-15-20)4-12-25(24)39-21-8-5-19(30)6-9-21/h4-17H,30H2,1-3H3,(H,34,37)(H,32,33,35,36). The molecule has 5 aromatic rings. The number of rotatable bonds is 8. The molecule has 0 bridgehead atoms. The molecule has 10 heteroatoms. The number of hydrogen-bond acceptors (Lipinski definition) is 9. The number of carbonyl (C=O) groups excluding carboxylic acids is 1. The van der Waals surface area contributed by atoms with E-state index < -0.39 is 0 Å². The Kier molecular flexibility index (Phi) is 7.55. The molecular formula is C29H27N7O2S. The maximum Gasteiger partial charge on any atom is 0.255 e. The highest BCUT2D eigenvalue weighted by atomic mass is 32.2. The largest absolute Gasteiger partial charge is 0.481 e. The number of benzene rings is 2. The average Bonchev–Trinajstić information content (AvgIpc) is 2.95. The predicted molar refractivity (Wildman–Crippen MR) is 155 cm³/mol. The molecule has 2 aromatic carbocycles. The number of methoxy groups -OCH3 is 1. The second-order valence-electron chi connectivity index (χ2n) is 9.03. The molecule has 0 atom stereocenters. The van der Waals surface area contributed by atoms with Gasteiger partial charge in [-0.2, -0.15) is 0 Å². The molecule has 4 N–H and O–H groups in total. The normalized spacial score (nSPS) is 11.0. The van der Waals surface area contributed by atoms with Gasteiger partial charge in [-0.1, -0.05) is 25.6 Å². The van der Waals surface area contributed by atoms with E-state index in [4.69, 9.17) is 15.5 Å². The number of hydrogen-bond donors (Lipinski definition) is 3. The van der Waals surface area contributed by atoms with Gasteiger partial charge in [0.2, 0.25) is 5.88 Å². The van der Waals surface area contributed by atoms with Crippen LogP contribution in [0.1, 0.15) is 35.8 Å². The molecule has 5 rings (SSSR count). The van der Waals surface area contributed by atoms with E-state index in [1.807, 2.05) is 42.5 Å². The van der Waals surface area contributed by atoms with Gasteiger partial charge in [-0.3, -0.25) is 4.79 Å². The van der Waals surface area contributed by atoms with Crippen LogP contribution < -0.4 is 21.1 Å². The van der Waals surface area contributed by atoms with Crippen LogP contribution >= 0.6 is 11.8 Å². The van der Waals surface area contributed by atoms with Crippen LogP contribution in [0.25, 0.3) is 11.0 Å².